The summed E-state index contributed by atoms with van der Waals surface area (Å²) in [6.45, 7) is 5.49. The smallest absolute Gasteiger partial charge is 0.0785 e. The molecule has 1 aliphatic rings. The molecule has 1 fully saturated rings. The number of aliphatic hydroxyl groups excluding tert-OH is 1. The standard InChI is InChI=1S/C12H25NO3/c1-9-6-11(7-10(2)16-9)13-5-4-12(14)8-15-3/h9-14H,4-8H2,1-3H3. The van der Waals surface area contributed by atoms with Gasteiger partial charge in [0.05, 0.1) is 24.9 Å². The van der Waals surface area contributed by atoms with Crippen LogP contribution in [0.2, 0.25) is 0 Å². The fourth-order valence-electron chi connectivity index (χ4n) is 2.30. The number of methoxy groups -OCH3 is 1. The van der Waals surface area contributed by atoms with Crippen molar-refractivity contribution in [2.24, 2.45) is 0 Å². The lowest BCUT2D eigenvalue weighted by Gasteiger charge is -2.32. The molecule has 3 unspecified atom stereocenters. The van der Waals surface area contributed by atoms with Gasteiger partial charge in [-0.3, -0.25) is 0 Å². The van der Waals surface area contributed by atoms with Crippen molar-refractivity contribution in [2.45, 2.75) is 57.5 Å². The van der Waals surface area contributed by atoms with Crippen LogP contribution in [0.5, 0.6) is 0 Å². The van der Waals surface area contributed by atoms with Gasteiger partial charge in [-0.2, -0.15) is 0 Å². The first kappa shape index (κ1) is 13.9. The molecule has 0 amide bonds. The maximum Gasteiger partial charge on any atom is 0.0785 e. The monoisotopic (exact) mass is 231 g/mol. The van der Waals surface area contributed by atoms with Crippen molar-refractivity contribution >= 4 is 0 Å². The SMILES string of the molecule is COCC(O)CCNC1CC(C)OC(C)C1. The van der Waals surface area contributed by atoms with Crippen LogP contribution in [0.4, 0.5) is 0 Å². The Morgan fingerprint density at radius 1 is 1.38 bits per heavy atom. The number of hydrogen-bond acceptors (Lipinski definition) is 4. The van der Waals surface area contributed by atoms with E-state index in [2.05, 4.69) is 19.2 Å². The van der Waals surface area contributed by atoms with E-state index in [9.17, 15) is 5.11 Å². The Kier molecular flexibility index (Phi) is 6.28. The fourth-order valence-corrected chi connectivity index (χ4v) is 2.30. The predicted octanol–water partition coefficient (Wildman–Crippen LogP) is 0.929. The van der Waals surface area contributed by atoms with E-state index in [0.29, 0.717) is 24.9 Å². The molecule has 1 rings (SSSR count). The van der Waals surface area contributed by atoms with Gasteiger partial charge in [-0.1, -0.05) is 0 Å². The Morgan fingerprint density at radius 2 is 2.00 bits per heavy atom. The summed E-state index contributed by atoms with van der Waals surface area (Å²) < 4.78 is 10.6. The van der Waals surface area contributed by atoms with Gasteiger partial charge in [-0.25, -0.2) is 0 Å². The molecule has 0 aromatic heterocycles. The van der Waals surface area contributed by atoms with Crippen LogP contribution in [0, 0.1) is 0 Å². The van der Waals surface area contributed by atoms with Crippen LogP contribution in [0.15, 0.2) is 0 Å². The number of ether oxygens (including phenoxy) is 2. The lowest BCUT2D eigenvalue weighted by molar-refractivity contribution is -0.0425. The van der Waals surface area contributed by atoms with Gasteiger partial charge in [-0.05, 0) is 39.7 Å². The molecule has 1 aliphatic heterocycles. The van der Waals surface area contributed by atoms with Gasteiger partial charge in [0, 0.05) is 13.2 Å². The van der Waals surface area contributed by atoms with Crippen molar-refractivity contribution < 1.29 is 14.6 Å². The van der Waals surface area contributed by atoms with E-state index in [4.69, 9.17) is 9.47 Å². The number of hydrogen-bond donors (Lipinski definition) is 2. The molecular formula is C12H25NO3. The molecule has 4 heteroatoms. The maximum atomic E-state index is 9.49. The first-order valence-corrected chi connectivity index (χ1v) is 6.17. The van der Waals surface area contributed by atoms with Crippen LogP contribution in [-0.2, 0) is 9.47 Å². The molecule has 0 saturated carbocycles. The zero-order valence-corrected chi connectivity index (χ0v) is 10.6. The van der Waals surface area contributed by atoms with Crippen LogP contribution in [0.3, 0.4) is 0 Å². The van der Waals surface area contributed by atoms with E-state index in [0.717, 1.165) is 25.8 Å². The van der Waals surface area contributed by atoms with Crippen molar-refractivity contribution in [2.75, 3.05) is 20.3 Å². The summed E-state index contributed by atoms with van der Waals surface area (Å²) in [4.78, 5) is 0. The third-order valence-electron chi connectivity index (χ3n) is 2.97. The Labute approximate surface area is 98.3 Å². The molecule has 1 saturated heterocycles. The van der Waals surface area contributed by atoms with Gasteiger partial charge >= 0.3 is 0 Å². The Bertz CT molecular complexity index is 179. The van der Waals surface area contributed by atoms with Crippen LogP contribution < -0.4 is 5.32 Å². The van der Waals surface area contributed by atoms with E-state index < -0.39 is 0 Å². The lowest BCUT2D eigenvalue weighted by atomic mass is 10.00. The van der Waals surface area contributed by atoms with Gasteiger partial charge in [0.15, 0.2) is 0 Å². The van der Waals surface area contributed by atoms with Gasteiger partial charge in [-0.15, -0.1) is 0 Å². The molecule has 0 bridgehead atoms. The first-order chi connectivity index (χ1) is 7.61. The molecule has 16 heavy (non-hydrogen) atoms. The van der Waals surface area contributed by atoms with Crippen molar-refractivity contribution in [1.29, 1.82) is 0 Å². The third kappa shape index (κ3) is 5.25. The molecule has 1 heterocycles. The van der Waals surface area contributed by atoms with Crippen molar-refractivity contribution in [3.05, 3.63) is 0 Å². The highest BCUT2D eigenvalue weighted by Crippen LogP contribution is 2.18. The summed E-state index contributed by atoms with van der Waals surface area (Å²) in [6, 6.07) is 0.522. The molecule has 3 atom stereocenters. The molecule has 4 nitrogen and oxygen atoms in total. The van der Waals surface area contributed by atoms with Crippen molar-refractivity contribution in [3.63, 3.8) is 0 Å². The summed E-state index contributed by atoms with van der Waals surface area (Å²) >= 11 is 0. The van der Waals surface area contributed by atoms with Gasteiger partial charge in [0.1, 0.15) is 0 Å². The maximum absolute atomic E-state index is 9.49. The Morgan fingerprint density at radius 3 is 2.56 bits per heavy atom. The zero-order valence-electron chi connectivity index (χ0n) is 10.6. The first-order valence-electron chi connectivity index (χ1n) is 6.17. The second kappa shape index (κ2) is 7.22. The second-order valence-electron chi connectivity index (χ2n) is 4.78. The van der Waals surface area contributed by atoms with Crippen molar-refractivity contribution in [1.82, 2.24) is 5.32 Å². The molecule has 2 N–H and O–H groups in total. The lowest BCUT2D eigenvalue weighted by Crippen LogP contribution is -2.42. The summed E-state index contributed by atoms with van der Waals surface area (Å²) in [6.07, 6.45) is 3.19. The van der Waals surface area contributed by atoms with E-state index in [1.807, 2.05) is 0 Å². The molecule has 96 valence electrons. The van der Waals surface area contributed by atoms with Crippen LogP contribution >= 0.6 is 0 Å². The third-order valence-corrected chi connectivity index (χ3v) is 2.97. The number of rotatable bonds is 6. The predicted molar refractivity (Wildman–Crippen MR) is 63.5 cm³/mol. The van der Waals surface area contributed by atoms with E-state index in [1.54, 1.807) is 7.11 Å². The summed E-state index contributed by atoms with van der Waals surface area (Å²) in [5, 5.41) is 13.0. The summed E-state index contributed by atoms with van der Waals surface area (Å²) in [5.41, 5.74) is 0. The van der Waals surface area contributed by atoms with E-state index >= 15 is 0 Å². The van der Waals surface area contributed by atoms with Crippen LogP contribution in [0.25, 0.3) is 0 Å². The average molecular weight is 231 g/mol. The fraction of sp³-hybridized carbons (Fsp3) is 1.00. The molecule has 0 spiro atoms. The minimum atomic E-state index is -0.354. The largest absolute Gasteiger partial charge is 0.391 e. The highest BCUT2D eigenvalue weighted by Gasteiger charge is 2.23. The van der Waals surface area contributed by atoms with Gasteiger partial charge < -0.3 is 19.9 Å². The topological polar surface area (TPSA) is 50.7 Å². The molecular weight excluding hydrogens is 206 g/mol. The van der Waals surface area contributed by atoms with Gasteiger partial charge in [0.25, 0.3) is 0 Å². The molecule has 0 aromatic rings. The Hall–Kier alpha value is -0.160. The minimum absolute atomic E-state index is 0.338. The quantitative estimate of drug-likeness (QED) is 0.714. The van der Waals surface area contributed by atoms with Gasteiger partial charge in [0.2, 0.25) is 0 Å². The van der Waals surface area contributed by atoms with Crippen LogP contribution in [-0.4, -0.2) is 49.7 Å². The average Bonchev–Trinajstić information content (AvgIpc) is 2.16. The van der Waals surface area contributed by atoms with Crippen LogP contribution in [0.1, 0.15) is 33.1 Å². The van der Waals surface area contributed by atoms with Crippen molar-refractivity contribution in [3.8, 4) is 0 Å². The Balaban J connectivity index is 2.12. The second-order valence-corrected chi connectivity index (χ2v) is 4.78. The highest BCUT2D eigenvalue weighted by molar-refractivity contribution is 4.78. The number of aliphatic hydroxyl groups is 1. The summed E-state index contributed by atoms with van der Waals surface area (Å²) in [7, 11) is 1.61. The normalized spacial score (nSPS) is 32.6. The van der Waals surface area contributed by atoms with E-state index in [1.165, 1.54) is 0 Å². The minimum Gasteiger partial charge on any atom is -0.391 e. The zero-order chi connectivity index (χ0) is 12.0. The molecule has 0 aliphatic carbocycles. The molecule has 0 radical (unpaired) electrons. The number of nitrogens with one attached hydrogen (secondary N) is 1. The summed E-state index contributed by atoms with van der Waals surface area (Å²) in [5.74, 6) is 0. The highest BCUT2D eigenvalue weighted by atomic mass is 16.5. The van der Waals surface area contributed by atoms with E-state index in [-0.39, 0.29) is 6.10 Å². The molecule has 0 aromatic carbocycles.